The van der Waals surface area contributed by atoms with Gasteiger partial charge in [0.25, 0.3) is 5.69 Å². The van der Waals surface area contributed by atoms with Crippen LogP contribution in [0.5, 0.6) is 0 Å². The summed E-state index contributed by atoms with van der Waals surface area (Å²) in [6.45, 7) is 7.11. The van der Waals surface area contributed by atoms with Crippen LogP contribution in [-0.4, -0.2) is 27.1 Å². The van der Waals surface area contributed by atoms with Crippen molar-refractivity contribution in [2.75, 3.05) is 5.43 Å². The van der Waals surface area contributed by atoms with Gasteiger partial charge in [-0.05, 0) is 46.1 Å². The van der Waals surface area contributed by atoms with Crippen molar-refractivity contribution in [3.63, 3.8) is 0 Å². The van der Waals surface area contributed by atoms with E-state index in [1.165, 1.54) is 13.0 Å². The maximum atomic E-state index is 11.8. The standard InChI is InChI=1S/C22H26N4O6/c1-6-22(32-16(4)27)13-11-20(21(22,5)12-7-8-15(2)3)24-23-18-10-9-17(25(28)29)14-19(18)26(30)31/h1,8-10,14,23H,7,11-13H2,2-5H3/b24-20+/t21-,22+/m0/s1. The van der Waals surface area contributed by atoms with Gasteiger partial charge in [-0.1, -0.05) is 17.6 Å². The molecular formula is C22H26N4O6. The molecule has 0 aromatic heterocycles. The van der Waals surface area contributed by atoms with Crippen LogP contribution in [0.4, 0.5) is 17.1 Å². The summed E-state index contributed by atoms with van der Waals surface area (Å²) in [6, 6.07) is 3.26. The highest BCUT2D eigenvalue weighted by Gasteiger charge is 2.57. The van der Waals surface area contributed by atoms with E-state index in [1.807, 2.05) is 26.8 Å². The van der Waals surface area contributed by atoms with Gasteiger partial charge in [-0.2, -0.15) is 5.10 Å². The lowest BCUT2D eigenvalue weighted by Crippen LogP contribution is -2.47. The quantitative estimate of drug-likeness (QED) is 0.201. The van der Waals surface area contributed by atoms with Gasteiger partial charge in [-0.25, -0.2) is 0 Å². The number of benzene rings is 1. The second-order valence-electron chi connectivity index (χ2n) is 8.10. The van der Waals surface area contributed by atoms with Crippen LogP contribution in [0.15, 0.2) is 34.9 Å². The number of anilines is 1. The number of nitrogens with zero attached hydrogens (tertiary/aromatic N) is 3. The summed E-state index contributed by atoms with van der Waals surface area (Å²) in [5.74, 6) is 2.16. The first-order valence-electron chi connectivity index (χ1n) is 10.0. The molecule has 1 saturated carbocycles. The van der Waals surface area contributed by atoms with Gasteiger partial charge in [0.15, 0.2) is 5.60 Å². The molecule has 170 valence electrons. The Kier molecular flexibility index (Phi) is 7.36. The normalized spacial score (nSPS) is 23.3. The zero-order chi connectivity index (χ0) is 24.1. The van der Waals surface area contributed by atoms with Gasteiger partial charge in [-0.3, -0.25) is 30.4 Å². The smallest absolute Gasteiger partial charge is 0.304 e. The molecule has 0 amide bonds. The van der Waals surface area contributed by atoms with E-state index >= 15 is 0 Å². The fourth-order valence-electron chi connectivity index (χ4n) is 3.93. The number of nitrogens with one attached hydrogen (secondary N) is 1. The van der Waals surface area contributed by atoms with Crippen molar-refractivity contribution in [1.82, 2.24) is 0 Å². The molecule has 0 aliphatic heterocycles. The van der Waals surface area contributed by atoms with E-state index in [0.717, 1.165) is 17.7 Å². The van der Waals surface area contributed by atoms with Crippen molar-refractivity contribution in [2.45, 2.75) is 59.0 Å². The van der Waals surface area contributed by atoms with Gasteiger partial charge < -0.3 is 4.74 Å². The minimum Gasteiger partial charge on any atom is -0.445 e. The lowest BCUT2D eigenvalue weighted by molar-refractivity contribution is -0.393. The summed E-state index contributed by atoms with van der Waals surface area (Å²) >= 11 is 0. The topological polar surface area (TPSA) is 137 Å². The average Bonchev–Trinajstić information content (AvgIpc) is 2.97. The molecule has 2 atom stereocenters. The third kappa shape index (κ3) is 4.94. The Labute approximate surface area is 186 Å². The third-order valence-electron chi connectivity index (χ3n) is 5.69. The van der Waals surface area contributed by atoms with Crippen LogP contribution in [0.3, 0.4) is 0 Å². The summed E-state index contributed by atoms with van der Waals surface area (Å²) in [5, 5.41) is 26.7. The van der Waals surface area contributed by atoms with Crippen molar-refractivity contribution < 1.29 is 19.4 Å². The second-order valence-corrected chi connectivity index (χ2v) is 8.10. The van der Waals surface area contributed by atoms with E-state index in [2.05, 4.69) is 16.4 Å². The highest BCUT2D eigenvalue weighted by atomic mass is 16.6. The molecule has 1 aliphatic carbocycles. The first kappa shape index (κ1) is 24.5. The van der Waals surface area contributed by atoms with Crippen LogP contribution in [0, 0.1) is 38.0 Å². The number of rotatable bonds is 8. The predicted octanol–water partition coefficient (Wildman–Crippen LogP) is 4.75. The molecule has 1 aliphatic rings. The number of hydrazone groups is 1. The summed E-state index contributed by atoms with van der Waals surface area (Å²) in [5.41, 5.74) is 1.52. The molecule has 32 heavy (non-hydrogen) atoms. The number of ether oxygens (including phenoxy) is 1. The molecule has 0 spiro atoms. The van der Waals surface area contributed by atoms with Crippen LogP contribution >= 0.6 is 0 Å². The number of hydrogen-bond acceptors (Lipinski definition) is 8. The Morgan fingerprint density at radius 1 is 1.31 bits per heavy atom. The van der Waals surface area contributed by atoms with Gasteiger partial charge in [0.1, 0.15) is 5.69 Å². The van der Waals surface area contributed by atoms with Crippen molar-refractivity contribution >= 4 is 28.7 Å². The van der Waals surface area contributed by atoms with Crippen molar-refractivity contribution in [2.24, 2.45) is 10.5 Å². The Balaban J connectivity index is 2.47. The highest BCUT2D eigenvalue weighted by molar-refractivity contribution is 5.95. The van der Waals surface area contributed by atoms with Crippen molar-refractivity contribution in [3.05, 3.63) is 50.1 Å². The molecular weight excluding hydrogens is 416 g/mol. The molecule has 0 bridgehead atoms. The number of carbonyl (C=O) groups excluding carboxylic acids is 1. The summed E-state index contributed by atoms with van der Waals surface area (Å²) < 4.78 is 5.62. The number of allylic oxidation sites excluding steroid dienone is 2. The molecule has 1 aromatic carbocycles. The van der Waals surface area contributed by atoms with Crippen LogP contribution in [0.2, 0.25) is 0 Å². The summed E-state index contributed by atoms with van der Waals surface area (Å²) in [7, 11) is 0. The third-order valence-corrected chi connectivity index (χ3v) is 5.69. The minimum atomic E-state index is -1.20. The van der Waals surface area contributed by atoms with Crippen LogP contribution in [0.25, 0.3) is 0 Å². The number of hydrogen-bond donors (Lipinski definition) is 1. The molecule has 2 rings (SSSR count). The van der Waals surface area contributed by atoms with Crippen molar-refractivity contribution in [1.29, 1.82) is 0 Å². The van der Waals surface area contributed by atoms with Crippen LogP contribution in [0.1, 0.15) is 53.4 Å². The molecule has 10 heteroatoms. The van der Waals surface area contributed by atoms with Gasteiger partial charge >= 0.3 is 11.7 Å². The minimum absolute atomic E-state index is 0.00504. The molecule has 10 nitrogen and oxygen atoms in total. The lowest BCUT2D eigenvalue weighted by atomic mass is 9.71. The fourth-order valence-corrected chi connectivity index (χ4v) is 3.93. The van der Waals surface area contributed by atoms with Gasteiger partial charge in [-0.15, -0.1) is 6.42 Å². The number of esters is 1. The summed E-state index contributed by atoms with van der Waals surface area (Å²) in [6.07, 6.45) is 9.86. The molecule has 0 unspecified atom stereocenters. The molecule has 1 fully saturated rings. The Morgan fingerprint density at radius 3 is 2.53 bits per heavy atom. The second kappa shape index (κ2) is 9.60. The molecule has 1 N–H and O–H groups in total. The van der Waals surface area contributed by atoms with E-state index in [9.17, 15) is 25.0 Å². The monoisotopic (exact) mass is 442 g/mol. The van der Waals surface area contributed by atoms with E-state index in [4.69, 9.17) is 11.2 Å². The number of terminal acetylenes is 1. The Hall–Kier alpha value is -3.74. The molecule has 0 heterocycles. The Bertz CT molecular complexity index is 1040. The number of carbonyl (C=O) groups is 1. The average molecular weight is 442 g/mol. The first-order valence-corrected chi connectivity index (χ1v) is 10.0. The molecule has 1 aromatic rings. The Morgan fingerprint density at radius 2 is 2.00 bits per heavy atom. The largest absolute Gasteiger partial charge is 0.445 e. The summed E-state index contributed by atoms with van der Waals surface area (Å²) in [4.78, 5) is 32.7. The zero-order valence-corrected chi connectivity index (χ0v) is 18.5. The lowest BCUT2D eigenvalue weighted by Gasteiger charge is -2.39. The number of nitro benzene ring substituents is 2. The van der Waals surface area contributed by atoms with Crippen LogP contribution in [-0.2, 0) is 9.53 Å². The number of non-ortho nitro benzene ring substituents is 1. The maximum Gasteiger partial charge on any atom is 0.304 e. The van der Waals surface area contributed by atoms with Gasteiger partial charge in [0, 0.05) is 25.1 Å². The predicted molar refractivity (Wildman–Crippen MR) is 120 cm³/mol. The van der Waals surface area contributed by atoms with Gasteiger partial charge in [0.2, 0.25) is 0 Å². The van der Waals surface area contributed by atoms with E-state index in [1.54, 1.807) is 0 Å². The van der Waals surface area contributed by atoms with E-state index in [0.29, 0.717) is 31.4 Å². The maximum absolute atomic E-state index is 11.8. The number of nitro groups is 2. The fraction of sp³-hybridized carbons (Fsp3) is 0.455. The van der Waals surface area contributed by atoms with Crippen molar-refractivity contribution in [3.8, 4) is 12.3 Å². The van der Waals surface area contributed by atoms with E-state index < -0.39 is 38.2 Å². The van der Waals surface area contributed by atoms with E-state index in [-0.39, 0.29) is 5.69 Å². The van der Waals surface area contributed by atoms with Gasteiger partial charge in [0.05, 0.1) is 21.3 Å². The molecule has 0 radical (unpaired) electrons. The zero-order valence-electron chi connectivity index (χ0n) is 18.5. The SMILES string of the molecule is C#C[C@@]1(OC(C)=O)CC/C(=N\Nc2ccc([N+](=O)[O-])cc2[N+](=O)[O-])[C@]1(C)CCC=C(C)C. The first-order chi connectivity index (χ1) is 15.0. The molecule has 0 saturated heterocycles. The highest BCUT2D eigenvalue weighted by Crippen LogP contribution is 2.50. The van der Waals surface area contributed by atoms with Crippen LogP contribution < -0.4 is 5.43 Å².